The summed E-state index contributed by atoms with van der Waals surface area (Å²) in [4.78, 5) is 12.0. The number of benzene rings is 2. The predicted molar refractivity (Wildman–Crippen MR) is 77.9 cm³/mol. The molecule has 0 aliphatic carbocycles. The van der Waals surface area contributed by atoms with Crippen molar-refractivity contribution in [3.63, 3.8) is 0 Å². The summed E-state index contributed by atoms with van der Waals surface area (Å²) in [7, 11) is 0. The van der Waals surface area contributed by atoms with Gasteiger partial charge >= 0.3 is 0 Å². The second-order valence-electron chi connectivity index (χ2n) is 3.81. The molecule has 2 aromatic carbocycles. The number of nitrogens with two attached hydrogens (primary N) is 1. The average Bonchev–Trinajstić information content (AvgIpc) is 2.33. The molecular weight excluding hydrogens is 335 g/mol. The van der Waals surface area contributed by atoms with Crippen molar-refractivity contribution in [3.8, 4) is 0 Å². The van der Waals surface area contributed by atoms with Gasteiger partial charge in [0.2, 0.25) is 0 Å². The highest BCUT2D eigenvalue weighted by Crippen LogP contribution is 2.24. The van der Waals surface area contributed by atoms with E-state index in [1.165, 1.54) is 12.1 Å². The third-order valence-electron chi connectivity index (χ3n) is 2.44. The van der Waals surface area contributed by atoms with Gasteiger partial charge in [0.1, 0.15) is 5.82 Å². The molecule has 0 heterocycles. The van der Waals surface area contributed by atoms with E-state index in [-0.39, 0.29) is 16.9 Å². The van der Waals surface area contributed by atoms with E-state index in [1.54, 1.807) is 18.2 Å². The van der Waals surface area contributed by atoms with Crippen molar-refractivity contribution in [2.75, 3.05) is 11.1 Å². The molecule has 1 amide bonds. The smallest absolute Gasteiger partial charge is 0.257 e. The average molecular weight is 344 g/mol. The van der Waals surface area contributed by atoms with Crippen LogP contribution in [0.2, 0.25) is 5.02 Å². The summed E-state index contributed by atoms with van der Waals surface area (Å²) in [6.45, 7) is 0. The fourth-order valence-corrected chi connectivity index (χ4v) is 2.26. The van der Waals surface area contributed by atoms with Crippen LogP contribution in [0.5, 0.6) is 0 Å². The van der Waals surface area contributed by atoms with E-state index in [9.17, 15) is 9.18 Å². The van der Waals surface area contributed by atoms with Crippen LogP contribution in [0.4, 0.5) is 15.8 Å². The highest BCUT2D eigenvalue weighted by Gasteiger charge is 2.12. The number of nitrogens with one attached hydrogen (secondary N) is 1. The summed E-state index contributed by atoms with van der Waals surface area (Å²) in [5.41, 5.74) is 6.43. The molecule has 0 bridgehead atoms. The topological polar surface area (TPSA) is 55.1 Å². The summed E-state index contributed by atoms with van der Waals surface area (Å²) in [6.07, 6.45) is 0. The van der Waals surface area contributed by atoms with Crippen molar-refractivity contribution in [3.05, 3.63) is 57.3 Å². The highest BCUT2D eigenvalue weighted by atomic mass is 79.9. The minimum atomic E-state index is -0.480. The molecule has 0 aromatic heterocycles. The van der Waals surface area contributed by atoms with Crippen LogP contribution in [0.1, 0.15) is 10.4 Å². The van der Waals surface area contributed by atoms with Crippen LogP contribution < -0.4 is 11.1 Å². The van der Waals surface area contributed by atoms with Gasteiger partial charge in [0, 0.05) is 4.47 Å². The first kappa shape index (κ1) is 13.8. The minimum Gasteiger partial charge on any atom is -0.397 e. The molecule has 0 saturated carbocycles. The Balaban J connectivity index is 2.28. The summed E-state index contributed by atoms with van der Waals surface area (Å²) in [5, 5.41) is 2.82. The zero-order valence-corrected chi connectivity index (χ0v) is 11.9. The molecule has 0 aliphatic heterocycles. The number of amides is 1. The summed E-state index contributed by atoms with van der Waals surface area (Å²) >= 11 is 9.21. The number of hydrogen-bond acceptors (Lipinski definition) is 2. The van der Waals surface area contributed by atoms with E-state index < -0.39 is 11.7 Å². The largest absolute Gasteiger partial charge is 0.397 e. The van der Waals surface area contributed by atoms with Crippen LogP contribution in [0.3, 0.4) is 0 Å². The molecule has 19 heavy (non-hydrogen) atoms. The van der Waals surface area contributed by atoms with E-state index in [4.69, 9.17) is 17.3 Å². The molecule has 2 rings (SSSR count). The zero-order chi connectivity index (χ0) is 14.0. The number of halogens is 3. The second kappa shape index (κ2) is 5.59. The molecule has 3 nitrogen and oxygen atoms in total. The molecule has 0 spiro atoms. The second-order valence-corrected chi connectivity index (χ2v) is 5.13. The van der Waals surface area contributed by atoms with Gasteiger partial charge in [-0.1, -0.05) is 27.5 Å². The number of nitrogen functional groups attached to an aromatic ring is 1. The molecule has 0 fully saturated rings. The normalized spacial score (nSPS) is 10.3. The minimum absolute atomic E-state index is 0.212. The zero-order valence-electron chi connectivity index (χ0n) is 9.58. The SMILES string of the molecule is Nc1ccc(F)cc1NC(=O)c1ccc(Br)cc1Cl. The summed E-state index contributed by atoms with van der Waals surface area (Å²) < 4.78 is 13.9. The molecule has 2 aromatic rings. The Morgan fingerprint density at radius 1 is 1.26 bits per heavy atom. The van der Waals surface area contributed by atoms with Gasteiger partial charge in [-0.3, -0.25) is 4.79 Å². The highest BCUT2D eigenvalue weighted by molar-refractivity contribution is 9.10. The van der Waals surface area contributed by atoms with Crippen molar-refractivity contribution in [1.29, 1.82) is 0 Å². The quantitative estimate of drug-likeness (QED) is 0.807. The van der Waals surface area contributed by atoms with E-state index in [2.05, 4.69) is 21.2 Å². The number of anilines is 2. The first-order valence-electron chi connectivity index (χ1n) is 5.29. The Morgan fingerprint density at radius 3 is 2.68 bits per heavy atom. The molecule has 0 unspecified atom stereocenters. The van der Waals surface area contributed by atoms with E-state index in [0.29, 0.717) is 5.02 Å². The van der Waals surface area contributed by atoms with Gasteiger partial charge < -0.3 is 11.1 Å². The Kier molecular flexibility index (Phi) is 4.07. The predicted octanol–water partition coefficient (Wildman–Crippen LogP) is 4.08. The van der Waals surface area contributed by atoms with E-state index in [1.807, 2.05) is 0 Å². The standard InChI is InChI=1S/C13H9BrClFN2O/c14-7-1-3-9(10(15)5-7)13(19)18-12-6-8(16)2-4-11(12)17/h1-6H,17H2,(H,18,19). The molecule has 0 saturated heterocycles. The number of carbonyl (C=O) groups excluding carboxylic acids is 1. The molecule has 6 heteroatoms. The fraction of sp³-hybridized carbons (Fsp3) is 0. The molecule has 98 valence electrons. The Hall–Kier alpha value is -1.59. The van der Waals surface area contributed by atoms with Crippen molar-refractivity contribution in [1.82, 2.24) is 0 Å². The summed E-state index contributed by atoms with van der Waals surface area (Å²) in [6, 6.07) is 8.62. The van der Waals surface area contributed by atoms with E-state index >= 15 is 0 Å². The lowest BCUT2D eigenvalue weighted by atomic mass is 10.2. The van der Waals surface area contributed by atoms with Gasteiger partial charge in [0.05, 0.1) is 22.0 Å². The van der Waals surface area contributed by atoms with Crippen LogP contribution in [0, 0.1) is 5.82 Å². The molecule has 0 aliphatic rings. The van der Waals surface area contributed by atoms with Crippen molar-refractivity contribution >= 4 is 44.8 Å². The first-order chi connectivity index (χ1) is 8.97. The summed E-state index contributed by atoms with van der Waals surface area (Å²) in [5.74, 6) is -0.929. The number of carbonyl (C=O) groups is 1. The van der Waals surface area contributed by atoms with Gasteiger partial charge in [-0.2, -0.15) is 0 Å². The van der Waals surface area contributed by atoms with Gasteiger partial charge in [-0.25, -0.2) is 4.39 Å². The molecule has 0 atom stereocenters. The lowest BCUT2D eigenvalue weighted by Crippen LogP contribution is -2.13. The van der Waals surface area contributed by atoms with Gasteiger partial charge in [-0.15, -0.1) is 0 Å². The van der Waals surface area contributed by atoms with Crippen LogP contribution in [-0.2, 0) is 0 Å². The van der Waals surface area contributed by atoms with Crippen LogP contribution in [0.15, 0.2) is 40.9 Å². The van der Waals surface area contributed by atoms with Crippen LogP contribution >= 0.6 is 27.5 Å². The molecule has 3 N–H and O–H groups in total. The Labute approximate surface area is 122 Å². The maximum absolute atomic E-state index is 13.1. The molecular formula is C13H9BrClFN2O. The third-order valence-corrected chi connectivity index (χ3v) is 3.25. The van der Waals surface area contributed by atoms with Crippen molar-refractivity contribution in [2.24, 2.45) is 0 Å². The van der Waals surface area contributed by atoms with Crippen LogP contribution in [0.25, 0.3) is 0 Å². The molecule has 0 radical (unpaired) electrons. The Morgan fingerprint density at radius 2 is 2.00 bits per heavy atom. The van der Waals surface area contributed by atoms with E-state index in [0.717, 1.165) is 10.5 Å². The fourth-order valence-electron chi connectivity index (χ4n) is 1.50. The number of rotatable bonds is 2. The van der Waals surface area contributed by atoms with Gasteiger partial charge in [0.15, 0.2) is 0 Å². The maximum atomic E-state index is 13.1. The van der Waals surface area contributed by atoms with Gasteiger partial charge in [-0.05, 0) is 36.4 Å². The lowest BCUT2D eigenvalue weighted by Gasteiger charge is -2.09. The van der Waals surface area contributed by atoms with Gasteiger partial charge in [0.25, 0.3) is 5.91 Å². The third kappa shape index (κ3) is 3.24. The first-order valence-corrected chi connectivity index (χ1v) is 6.46. The Bertz CT molecular complexity index is 649. The maximum Gasteiger partial charge on any atom is 0.257 e. The van der Waals surface area contributed by atoms with Crippen LogP contribution in [-0.4, -0.2) is 5.91 Å². The lowest BCUT2D eigenvalue weighted by molar-refractivity contribution is 0.102. The number of hydrogen-bond donors (Lipinski definition) is 2. The van der Waals surface area contributed by atoms with Crippen molar-refractivity contribution < 1.29 is 9.18 Å². The monoisotopic (exact) mass is 342 g/mol. The van der Waals surface area contributed by atoms with Crippen molar-refractivity contribution in [2.45, 2.75) is 0 Å².